The first-order valence-corrected chi connectivity index (χ1v) is 6.66. The van der Waals surface area contributed by atoms with Crippen LogP contribution in [-0.2, 0) is 4.79 Å². The fourth-order valence-corrected chi connectivity index (χ4v) is 2.23. The van der Waals surface area contributed by atoms with E-state index in [1.54, 1.807) is 55.7 Å². The van der Waals surface area contributed by atoms with Crippen LogP contribution >= 0.6 is 0 Å². The Morgan fingerprint density at radius 3 is 2.77 bits per heavy atom. The maximum atomic E-state index is 11.6. The van der Waals surface area contributed by atoms with Crippen LogP contribution in [0.4, 0.5) is 0 Å². The average Bonchev–Trinajstić information content (AvgIpc) is 3.00. The molecule has 0 saturated heterocycles. The van der Waals surface area contributed by atoms with Crippen LogP contribution in [-0.4, -0.2) is 25.0 Å². The summed E-state index contributed by atoms with van der Waals surface area (Å²) in [4.78, 5) is 11.6. The highest BCUT2D eigenvalue weighted by molar-refractivity contribution is 6.20. The Labute approximate surface area is 127 Å². The van der Waals surface area contributed by atoms with Gasteiger partial charge in [-0.1, -0.05) is 18.2 Å². The van der Waals surface area contributed by atoms with Crippen molar-refractivity contribution < 1.29 is 24.1 Å². The number of fused-ring (bicyclic) bond motifs is 1. The fourth-order valence-electron chi connectivity index (χ4n) is 2.23. The lowest BCUT2D eigenvalue weighted by Crippen LogP contribution is -2.00. The summed E-state index contributed by atoms with van der Waals surface area (Å²) < 4.78 is 15.7. The van der Waals surface area contributed by atoms with E-state index in [1.807, 2.05) is 0 Å². The monoisotopic (exact) mass is 298 g/mol. The van der Waals surface area contributed by atoms with Crippen molar-refractivity contribution in [2.75, 3.05) is 13.9 Å². The number of carboxylic acid groups (broad SMARTS) is 1. The lowest BCUT2D eigenvalue weighted by atomic mass is 10.0. The molecule has 0 spiro atoms. The van der Waals surface area contributed by atoms with Gasteiger partial charge < -0.3 is 19.3 Å². The predicted molar refractivity (Wildman–Crippen MR) is 81.1 cm³/mol. The van der Waals surface area contributed by atoms with Crippen molar-refractivity contribution in [3.05, 3.63) is 53.6 Å². The zero-order chi connectivity index (χ0) is 15.5. The number of hydrogen-bond donors (Lipinski definition) is 1. The Morgan fingerprint density at radius 2 is 2.00 bits per heavy atom. The van der Waals surface area contributed by atoms with Gasteiger partial charge in [0.05, 0.1) is 12.7 Å². The molecular weight excluding hydrogens is 284 g/mol. The van der Waals surface area contributed by atoms with Crippen molar-refractivity contribution in [3.8, 4) is 17.2 Å². The van der Waals surface area contributed by atoms with E-state index in [2.05, 4.69) is 0 Å². The summed E-state index contributed by atoms with van der Waals surface area (Å²) in [6, 6.07) is 12.2. The number of aliphatic carboxylic acids is 1. The second kappa shape index (κ2) is 5.81. The molecule has 0 atom stereocenters. The molecule has 2 aromatic carbocycles. The zero-order valence-corrected chi connectivity index (χ0v) is 11.9. The van der Waals surface area contributed by atoms with Gasteiger partial charge in [0.2, 0.25) is 6.79 Å². The first-order valence-electron chi connectivity index (χ1n) is 6.66. The number of rotatable bonds is 4. The summed E-state index contributed by atoms with van der Waals surface area (Å²) in [6.45, 7) is 0.185. The molecule has 1 N–H and O–H groups in total. The highest BCUT2D eigenvalue weighted by atomic mass is 16.7. The van der Waals surface area contributed by atoms with Crippen LogP contribution < -0.4 is 14.2 Å². The molecule has 1 aliphatic rings. The van der Waals surface area contributed by atoms with Gasteiger partial charge >= 0.3 is 5.97 Å². The van der Waals surface area contributed by atoms with Gasteiger partial charge in [-0.05, 0) is 41.5 Å². The molecule has 112 valence electrons. The van der Waals surface area contributed by atoms with Crippen LogP contribution in [0.15, 0.2) is 42.5 Å². The van der Waals surface area contributed by atoms with Crippen LogP contribution in [0.1, 0.15) is 11.1 Å². The first kappa shape index (κ1) is 14.0. The van der Waals surface area contributed by atoms with E-state index in [-0.39, 0.29) is 12.4 Å². The van der Waals surface area contributed by atoms with Gasteiger partial charge in [-0.15, -0.1) is 0 Å². The molecule has 0 saturated carbocycles. The summed E-state index contributed by atoms with van der Waals surface area (Å²) >= 11 is 0. The average molecular weight is 298 g/mol. The van der Waals surface area contributed by atoms with E-state index >= 15 is 0 Å². The minimum Gasteiger partial charge on any atom is -0.497 e. The molecule has 22 heavy (non-hydrogen) atoms. The van der Waals surface area contributed by atoms with E-state index in [4.69, 9.17) is 14.2 Å². The second-order valence-electron chi connectivity index (χ2n) is 4.71. The number of hydrogen-bond acceptors (Lipinski definition) is 4. The minimum atomic E-state index is -1.01. The zero-order valence-electron chi connectivity index (χ0n) is 11.9. The van der Waals surface area contributed by atoms with Crippen LogP contribution in [0.3, 0.4) is 0 Å². The molecule has 1 aliphatic heterocycles. The Hall–Kier alpha value is -2.95. The maximum Gasteiger partial charge on any atom is 0.336 e. The molecule has 0 aromatic heterocycles. The molecule has 3 rings (SSSR count). The predicted octanol–water partition coefficient (Wildman–Crippen LogP) is 3.05. The lowest BCUT2D eigenvalue weighted by Gasteiger charge is -2.06. The molecular formula is C17H14O5. The van der Waals surface area contributed by atoms with Gasteiger partial charge in [0.25, 0.3) is 0 Å². The fraction of sp³-hybridized carbons (Fsp3) is 0.118. The van der Waals surface area contributed by atoms with E-state index in [9.17, 15) is 9.90 Å². The number of benzene rings is 2. The van der Waals surface area contributed by atoms with Crippen LogP contribution in [0.25, 0.3) is 11.6 Å². The summed E-state index contributed by atoms with van der Waals surface area (Å²) in [5.41, 5.74) is 1.48. The lowest BCUT2D eigenvalue weighted by molar-refractivity contribution is -0.130. The molecule has 0 unspecified atom stereocenters. The van der Waals surface area contributed by atoms with Gasteiger partial charge in [0.1, 0.15) is 5.75 Å². The molecule has 0 bridgehead atoms. The molecule has 2 aromatic rings. The first-order chi connectivity index (χ1) is 10.7. The van der Waals surface area contributed by atoms with Gasteiger partial charge in [-0.3, -0.25) is 0 Å². The van der Waals surface area contributed by atoms with Crippen LogP contribution in [0.5, 0.6) is 17.2 Å². The molecule has 1 heterocycles. The number of ether oxygens (including phenoxy) is 3. The SMILES string of the molecule is COc1cccc(/C(=C\c2ccc3c(c2)OCO3)C(=O)O)c1. The maximum absolute atomic E-state index is 11.6. The normalized spacial score (nSPS) is 13.0. The van der Waals surface area contributed by atoms with E-state index < -0.39 is 5.97 Å². The minimum absolute atomic E-state index is 0.178. The Balaban J connectivity index is 2.01. The van der Waals surface area contributed by atoms with Gasteiger partial charge in [-0.2, -0.15) is 0 Å². The third-order valence-electron chi connectivity index (χ3n) is 3.32. The Bertz CT molecular complexity index is 748. The van der Waals surface area contributed by atoms with Crippen molar-refractivity contribution in [2.45, 2.75) is 0 Å². The summed E-state index contributed by atoms with van der Waals surface area (Å²) in [7, 11) is 1.54. The van der Waals surface area contributed by atoms with Gasteiger partial charge in [0.15, 0.2) is 11.5 Å². The van der Waals surface area contributed by atoms with Crippen molar-refractivity contribution in [2.24, 2.45) is 0 Å². The van der Waals surface area contributed by atoms with Gasteiger partial charge in [0, 0.05) is 0 Å². The quantitative estimate of drug-likeness (QED) is 0.694. The smallest absolute Gasteiger partial charge is 0.336 e. The van der Waals surface area contributed by atoms with E-state index in [0.717, 1.165) is 5.56 Å². The number of carbonyl (C=O) groups is 1. The summed E-state index contributed by atoms with van der Waals surface area (Å²) in [6.07, 6.45) is 1.60. The Morgan fingerprint density at radius 1 is 1.18 bits per heavy atom. The highest BCUT2D eigenvalue weighted by Gasteiger charge is 2.15. The second-order valence-corrected chi connectivity index (χ2v) is 4.71. The number of methoxy groups -OCH3 is 1. The van der Waals surface area contributed by atoms with Crippen LogP contribution in [0, 0.1) is 0 Å². The topological polar surface area (TPSA) is 65.0 Å². The van der Waals surface area contributed by atoms with Crippen molar-refractivity contribution in [3.63, 3.8) is 0 Å². The largest absolute Gasteiger partial charge is 0.497 e. The number of carboxylic acids is 1. The van der Waals surface area contributed by atoms with Crippen molar-refractivity contribution in [1.82, 2.24) is 0 Å². The van der Waals surface area contributed by atoms with E-state index in [0.29, 0.717) is 22.8 Å². The van der Waals surface area contributed by atoms with E-state index in [1.165, 1.54) is 0 Å². The van der Waals surface area contributed by atoms with Crippen molar-refractivity contribution in [1.29, 1.82) is 0 Å². The van der Waals surface area contributed by atoms with Crippen LogP contribution in [0.2, 0.25) is 0 Å². The molecule has 0 radical (unpaired) electrons. The summed E-state index contributed by atoms with van der Waals surface area (Å²) in [5.74, 6) is 0.876. The molecule has 0 fully saturated rings. The highest BCUT2D eigenvalue weighted by Crippen LogP contribution is 2.33. The third kappa shape index (κ3) is 2.74. The standard InChI is InChI=1S/C17H14O5/c1-20-13-4-2-3-12(9-13)14(17(18)19)7-11-5-6-15-16(8-11)22-10-21-15/h2-9H,10H2,1H3,(H,18,19)/b14-7+. The molecule has 0 aliphatic carbocycles. The van der Waals surface area contributed by atoms with Crippen molar-refractivity contribution >= 4 is 17.6 Å². The summed E-state index contributed by atoms with van der Waals surface area (Å²) in [5, 5.41) is 9.48. The molecule has 5 heteroatoms. The molecule has 5 nitrogen and oxygen atoms in total. The Kier molecular flexibility index (Phi) is 3.70. The molecule has 0 amide bonds. The third-order valence-corrected chi connectivity index (χ3v) is 3.32. The van der Waals surface area contributed by atoms with Gasteiger partial charge in [-0.25, -0.2) is 4.79 Å².